The summed E-state index contributed by atoms with van der Waals surface area (Å²) < 4.78 is 10.9. The van der Waals surface area contributed by atoms with Gasteiger partial charge in [-0.15, -0.1) is 0 Å². The molecule has 0 aliphatic heterocycles. The molecule has 0 amide bonds. The second kappa shape index (κ2) is 7.45. The third kappa shape index (κ3) is 4.48. The number of thioether (sulfide) groups is 1. The van der Waals surface area contributed by atoms with E-state index in [4.69, 9.17) is 9.47 Å². The third-order valence-electron chi connectivity index (χ3n) is 2.42. The summed E-state index contributed by atoms with van der Waals surface area (Å²) in [5.41, 5.74) is 0.832. The smallest absolute Gasteiger partial charge is 0.161 e. The van der Waals surface area contributed by atoms with Crippen LogP contribution in [0.5, 0.6) is 11.5 Å². The van der Waals surface area contributed by atoms with Gasteiger partial charge in [0.2, 0.25) is 0 Å². The van der Waals surface area contributed by atoms with Gasteiger partial charge in [-0.3, -0.25) is 0 Å². The number of aliphatic hydroxyl groups is 1. The van der Waals surface area contributed by atoms with Gasteiger partial charge in [0, 0.05) is 0 Å². The van der Waals surface area contributed by atoms with E-state index in [1.807, 2.05) is 30.0 Å². The van der Waals surface area contributed by atoms with Crippen LogP contribution >= 0.6 is 11.8 Å². The van der Waals surface area contributed by atoms with Gasteiger partial charge in [-0.25, -0.2) is 0 Å². The van der Waals surface area contributed by atoms with Crippen molar-refractivity contribution in [2.75, 3.05) is 25.7 Å². The molecule has 96 valence electrons. The van der Waals surface area contributed by atoms with Crippen LogP contribution in [0.15, 0.2) is 18.2 Å². The average molecular weight is 256 g/mol. The fourth-order valence-electron chi connectivity index (χ4n) is 1.45. The van der Waals surface area contributed by atoms with Gasteiger partial charge in [-0.1, -0.05) is 6.07 Å². The first-order valence-corrected chi connectivity index (χ1v) is 7.06. The Morgan fingerprint density at radius 2 is 2.12 bits per heavy atom. The molecule has 0 bridgehead atoms. The highest BCUT2D eigenvalue weighted by Gasteiger charge is 2.08. The fourth-order valence-corrected chi connectivity index (χ4v) is 1.86. The lowest BCUT2D eigenvalue weighted by Crippen LogP contribution is -2.01. The van der Waals surface area contributed by atoms with Crippen molar-refractivity contribution in [2.45, 2.75) is 19.4 Å². The van der Waals surface area contributed by atoms with Crippen LogP contribution in [0, 0.1) is 0 Å². The van der Waals surface area contributed by atoms with Crippen molar-refractivity contribution in [2.24, 2.45) is 0 Å². The first-order chi connectivity index (χ1) is 8.19. The molecule has 1 N–H and O–H groups in total. The highest BCUT2D eigenvalue weighted by atomic mass is 32.2. The molecule has 0 saturated carbocycles. The average Bonchev–Trinajstić information content (AvgIpc) is 2.34. The Hall–Kier alpha value is -0.870. The van der Waals surface area contributed by atoms with Crippen LogP contribution in [0.4, 0.5) is 0 Å². The topological polar surface area (TPSA) is 38.7 Å². The lowest BCUT2D eigenvalue weighted by Gasteiger charge is -2.13. The summed E-state index contributed by atoms with van der Waals surface area (Å²) in [4.78, 5) is 0. The minimum Gasteiger partial charge on any atom is -0.493 e. The van der Waals surface area contributed by atoms with Crippen LogP contribution in [-0.2, 0) is 0 Å². The molecule has 0 aliphatic rings. The summed E-state index contributed by atoms with van der Waals surface area (Å²) in [6.07, 6.45) is 2.61. The van der Waals surface area contributed by atoms with E-state index in [2.05, 4.69) is 6.26 Å². The highest BCUT2D eigenvalue weighted by molar-refractivity contribution is 7.98. The monoisotopic (exact) mass is 256 g/mol. The molecular weight excluding hydrogens is 236 g/mol. The number of ether oxygens (including phenoxy) is 2. The lowest BCUT2D eigenvalue weighted by atomic mass is 10.1. The van der Waals surface area contributed by atoms with Gasteiger partial charge in [0.15, 0.2) is 11.5 Å². The van der Waals surface area contributed by atoms with Crippen LogP contribution in [0.1, 0.15) is 25.0 Å². The van der Waals surface area contributed by atoms with Crippen LogP contribution < -0.4 is 9.47 Å². The Morgan fingerprint density at radius 1 is 1.35 bits per heavy atom. The molecule has 1 atom stereocenters. The maximum absolute atomic E-state index is 9.48. The number of benzene rings is 1. The molecule has 0 heterocycles. The second-order valence-electron chi connectivity index (χ2n) is 3.78. The molecule has 1 aromatic carbocycles. The minimum absolute atomic E-state index is 0.491. The Labute approximate surface area is 107 Å². The quantitative estimate of drug-likeness (QED) is 0.761. The summed E-state index contributed by atoms with van der Waals surface area (Å²) in [6, 6.07) is 5.52. The molecule has 0 spiro atoms. The molecule has 0 fully saturated rings. The molecule has 4 heteroatoms. The Kier molecular flexibility index (Phi) is 6.22. The fraction of sp³-hybridized carbons (Fsp3) is 0.538. The zero-order valence-corrected chi connectivity index (χ0v) is 11.4. The summed E-state index contributed by atoms with van der Waals surface area (Å²) in [5, 5.41) is 9.48. The van der Waals surface area contributed by atoms with Crippen molar-refractivity contribution in [1.29, 1.82) is 0 Å². The van der Waals surface area contributed by atoms with Crippen LogP contribution in [-0.4, -0.2) is 30.8 Å². The first-order valence-electron chi connectivity index (χ1n) is 5.66. The zero-order chi connectivity index (χ0) is 12.7. The predicted octanol–water partition coefficient (Wildman–Crippen LogP) is 2.88. The van der Waals surface area contributed by atoms with Crippen LogP contribution in [0.25, 0.3) is 0 Å². The van der Waals surface area contributed by atoms with Gasteiger partial charge in [0.25, 0.3) is 0 Å². The summed E-state index contributed by atoms with van der Waals surface area (Å²) >= 11 is 1.81. The van der Waals surface area contributed by atoms with E-state index in [0.29, 0.717) is 12.4 Å². The Bertz CT molecular complexity index is 339. The van der Waals surface area contributed by atoms with Gasteiger partial charge in [0.05, 0.1) is 19.8 Å². The molecule has 1 rings (SSSR count). The molecular formula is C13H20O3S. The van der Waals surface area contributed by atoms with E-state index < -0.39 is 6.10 Å². The van der Waals surface area contributed by atoms with Crippen molar-refractivity contribution >= 4 is 11.8 Å². The normalized spacial score (nSPS) is 12.2. The highest BCUT2D eigenvalue weighted by Crippen LogP contribution is 2.30. The summed E-state index contributed by atoms with van der Waals surface area (Å²) in [5.74, 6) is 2.50. The van der Waals surface area contributed by atoms with E-state index in [9.17, 15) is 5.11 Å². The minimum atomic E-state index is -0.491. The van der Waals surface area contributed by atoms with E-state index >= 15 is 0 Å². The van der Waals surface area contributed by atoms with E-state index in [1.54, 1.807) is 14.0 Å². The lowest BCUT2D eigenvalue weighted by molar-refractivity contribution is 0.198. The van der Waals surface area contributed by atoms with E-state index in [1.165, 1.54) is 0 Å². The number of hydrogen-bond acceptors (Lipinski definition) is 4. The van der Waals surface area contributed by atoms with Crippen molar-refractivity contribution < 1.29 is 14.6 Å². The summed E-state index contributed by atoms with van der Waals surface area (Å²) in [6.45, 7) is 2.42. The molecule has 1 aromatic rings. The van der Waals surface area contributed by atoms with Crippen molar-refractivity contribution in [1.82, 2.24) is 0 Å². The SMILES string of the molecule is COc1cc([C@@H](C)O)ccc1OCCCSC. The maximum atomic E-state index is 9.48. The van der Waals surface area contributed by atoms with Crippen LogP contribution in [0.3, 0.4) is 0 Å². The molecule has 0 aliphatic carbocycles. The molecule has 0 aromatic heterocycles. The molecule has 0 saturated heterocycles. The standard InChI is InChI=1S/C13H20O3S/c1-10(14)11-5-6-12(13(9-11)15-2)16-7-4-8-17-3/h5-6,9-10,14H,4,7-8H2,1-3H3/t10-/m1/s1. The third-order valence-corrected chi connectivity index (χ3v) is 3.12. The van der Waals surface area contributed by atoms with Crippen molar-refractivity contribution in [3.63, 3.8) is 0 Å². The van der Waals surface area contributed by atoms with Gasteiger partial charge in [-0.05, 0) is 43.0 Å². The van der Waals surface area contributed by atoms with Gasteiger partial charge in [0.1, 0.15) is 0 Å². The molecule has 3 nitrogen and oxygen atoms in total. The van der Waals surface area contributed by atoms with E-state index in [0.717, 1.165) is 23.5 Å². The Balaban J connectivity index is 2.65. The number of hydrogen-bond donors (Lipinski definition) is 1. The predicted molar refractivity (Wildman–Crippen MR) is 72.1 cm³/mol. The largest absolute Gasteiger partial charge is 0.493 e. The number of aliphatic hydroxyl groups excluding tert-OH is 1. The maximum Gasteiger partial charge on any atom is 0.161 e. The number of rotatable bonds is 7. The summed E-state index contributed by atoms with van der Waals surface area (Å²) in [7, 11) is 1.61. The van der Waals surface area contributed by atoms with Crippen molar-refractivity contribution in [3.8, 4) is 11.5 Å². The number of methoxy groups -OCH3 is 1. The van der Waals surface area contributed by atoms with E-state index in [-0.39, 0.29) is 0 Å². The second-order valence-corrected chi connectivity index (χ2v) is 4.77. The molecule has 0 unspecified atom stereocenters. The van der Waals surface area contributed by atoms with Gasteiger partial charge < -0.3 is 14.6 Å². The van der Waals surface area contributed by atoms with Gasteiger partial charge in [-0.2, -0.15) is 11.8 Å². The molecule has 17 heavy (non-hydrogen) atoms. The zero-order valence-electron chi connectivity index (χ0n) is 10.6. The first kappa shape index (κ1) is 14.2. The Morgan fingerprint density at radius 3 is 2.71 bits per heavy atom. The molecule has 0 radical (unpaired) electrons. The van der Waals surface area contributed by atoms with Crippen molar-refractivity contribution in [3.05, 3.63) is 23.8 Å². The van der Waals surface area contributed by atoms with Crippen LogP contribution in [0.2, 0.25) is 0 Å². The van der Waals surface area contributed by atoms with Gasteiger partial charge >= 0.3 is 0 Å².